The van der Waals surface area contributed by atoms with E-state index in [1.165, 1.54) is 33.5 Å². The molecule has 0 aliphatic rings. The van der Waals surface area contributed by atoms with Crippen LogP contribution in [0.15, 0.2) is 69.9 Å². The zero-order valence-corrected chi connectivity index (χ0v) is 19.0. The summed E-state index contributed by atoms with van der Waals surface area (Å²) in [7, 11) is 6.05. The van der Waals surface area contributed by atoms with E-state index < -0.39 is 11.6 Å². The highest BCUT2D eigenvalue weighted by atomic mass is 16.5. The number of esters is 1. The molecule has 8 heteroatoms. The average molecular weight is 462 g/mol. The van der Waals surface area contributed by atoms with Gasteiger partial charge in [-0.05, 0) is 48.5 Å². The van der Waals surface area contributed by atoms with Crippen LogP contribution in [0.2, 0.25) is 0 Å². The molecule has 174 valence electrons. The van der Waals surface area contributed by atoms with Gasteiger partial charge in [0.1, 0.15) is 22.8 Å². The second kappa shape index (κ2) is 9.58. The lowest BCUT2D eigenvalue weighted by Gasteiger charge is -2.11. The van der Waals surface area contributed by atoms with Gasteiger partial charge in [-0.3, -0.25) is 0 Å². The molecule has 3 aromatic carbocycles. The van der Waals surface area contributed by atoms with Crippen LogP contribution in [-0.4, -0.2) is 34.4 Å². The highest BCUT2D eigenvalue weighted by Crippen LogP contribution is 2.33. The fourth-order valence-corrected chi connectivity index (χ4v) is 3.49. The molecule has 0 aliphatic carbocycles. The predicted molar refractivity (Wildman–Crippen MR) is 126 cm³/mol. The third-order valence-corrected chi connectivity index (χ3v) is 5.24. The Morgan fingerprint density at radius 1 is 0.676 bits per heavy atom. The van der Waals surface area contributed by atoms with Crippen molar-refractivity contribution in [1.29, 1.82) is 0 Å². The molecule has 0 spiro atoms. The van der Waals surface area contributed by atoms with Crippen molar-refractivity contribution in [2.24, 2.45) is 0 Å². The van der Waals surface area contributed by atoms with Gasteiger partial charge in [-0.25, -0.2) is 9.59 Å². The van der Waals surface area contributed by atoms with Crippen molar-refractivity contribution in [1.82, 2.24) is 0 Å². The van der Waals surface area contributed by atoms with Crippen molar-refractivity contribution in [2.75, 3.05) is 28.4 Å². The van der Waals surface area contributed by atoms with Gasteiger partial charge in [0, 0.05) is 23.1 Å². The molecule has 0 amide bonds. The molecule has 0 atom stereocenters. The monoisotopic (exact) mass is 462 g/mol. The standard InChI is InChI=1S/C26H22O8/c1-29-17-8-9-19(23(13-17)31-3)20-11-15-5-7-18(14-22(15)34-26(20)28)33-25(27)16-6-10-21(30-2)24(12-16)32-4/h5-14H,1-4H3. The summed E-state index contributed by atoms with van der Waals surface area (Å²) in [4.78, 5) is 25.4. The summed E-state index contributed by atoms with van der Waals surface area (Å²) in [5, 5.41) is 0.651. The van der Waals surface area contributed by atoms with Crippen LogP contribution < -0.4 is 29.3 Å². The topological polar surface area (TPSA) is 93.4 Å². The molecule has 4 rings (SSSR count). The molecule has 0 saturated carbocycles. The third-order valence-electron chi connectivity index (χ3n) is 5.24. The lowest BCUT2D eigenvalue weighted by Crippen LogP contribution is -2.09. The normalized spacial score (nSPS) is 10.6. The number of carbonyl (C=O) groups excluding carboxylic acids is 1. The minimum absolute atomic E-state index is 0.227. The number of hydrogen-bond donors (Lipinski definition) is 0. The van der Waals surface area contributed by atoms with Crippen LogP contribution in [0.25, 0.3) is 22.1 Å². The molecule has 4 aromatic rings. The Morgan fingerprint density at radius 2 is 1.41 bits per heavy atom. The molecule has 34 heavy (non-hydrogen) atoms. The largest absolute Gasteiger partial charge is 0.497 e. The number of methoxy groups -OCH3 is 4. The Bertz CT molecular complexity index is 1420. The Labute approximate surface area is 195 Å². The molecular formula is C26H22O8. The molecular weight excluding hydrogens is 440 g/mol. The number of hydrogen-bond acceptors (Lipinski definition) is 8. The maximum absolute atomic E-state index is 12.8. The minimum Gasteiger partial charge on any atom is -0.497 e. The highest BCUT2D eigenvalue weighted by molar-refractivity contribution is 5.92. The molecule has 0 fully saturated rings. The van der Waals surface area contributed by atoms with Gasteiger partial charge in [-0.15, -0.1) is 0 Å². The first-order valence-electron chi connectivity index (χ1n) is 10.2. The van der Waals surface area contributed by atoms with Gasteiger partial charge in [0.05, 0.1) is 39.6 Å². The van der Waals surface area contributed by atoms with E-state index >= 15 is 0 Å². The molecule has 0 saturated heterocycles. The molecule has 0 bridgehead atoms. The van der Waals surface area contributed by atoms with Crippen molar-refractivity contribution >= 4 is 16.9 Å². The van der Waals surface area contributed by atoms with Crippen LogP contribution in [0.5, 0.6) is 28.7 Å². The van der Waals surface area contributed by atoms with Crippen molar-refractivity contribution in [2.45, 2.75) is 0 Å². The summed E-state index contributed by atoms with van der Waals surface area (Å²) in [5.41, 5.74) is 0.907. The molecule has 0 aliphatic heterocycles. The van der Waals surface area contributed by atoms with E-state index in [2.05, 4.69) is 0 Å². The first kappa shape index (κ1) is 22.7. The van der Waals surface area contributed by atoms with Crippen LogP contribution in [0.3, 0.4) is 0 Å². The first-order valence-corrected chi connectivity index (χ1v) is 10.2. The van der Waals surface area contributed by atoms with Crippen molar-refractivity contribution < 1.29 is 32.9 Å². The second-order valence-electron chi connectivity index (χ2n) is 7.17. The van der Waals surface area contributed by atoms with E-state index in [4.69, 9.17) is 28.1 Å². The van der Waals surface area contributed by atoms with Gasteiger partial charge < -0.3 is 28.1 Å². The molecule has 1 heterocycles. The zero-order chi connectivity index (χ0) is 24.2. The van der Waals surface area contributed by atoms with Gasteiger partial charge in [0.2, 0.25) is 0 Å². The number of ether oxygens (including phenoxy) is 5. The van der Waals surface area contributed by atoms with Gasteiger partial charge in [-0.1, -0.05) is 0 Å². The Hall–Kier alpha value is -4.46. The van der Waals surface area contributed by atoms with E-state index in [0.29, 0.717) is 39.5 Å². The van der Waals surface area contributed by atoms with E-state index in [9.17, 15) is 9.59 Å². The van der Waals surface area contributed by atoms with Crippen LogP contribution in [0.4, 0.5) is 0 Å². The summed E-state index contributed by atoms with van der Waals surface area (Å²) in [6.07, 6.45) is 0. The summed E-state index contributed by atoms with van der Waals surface area (Å²) >= 11 is 0. The molecule has 0 N–H and O–H groups in total. The van der Waals surface area contributed by atoms with Gasteiger partial charge in [-0.2, -0.15) is 0 Å². The Balaban J connectivity index is 1.65. The Kier molecular flexibility index (Phi) is 6.40. The van der Waals surface area contributed by atoms with Crippen molar-refractivity contribution in [3.8, 4) is 39.9 Å². The predicted octanol–water partition coefficient (Wildman–Crippen LogP) is 4.71. The van der Waals surface area contributed by atoms with Crippen LogP contribution in [-0.2, 0) is 0 Å². The van der Waals surface area contributed by atoms with E-state index in [1.807, 2.05) is 0 Å². The van der Waals surface area contributed by atoms with Crippen LogP contribution >= 0.6 is 0 Å². The quantitative estimate of drug-likeness (QED) is 0.221. The molecule has 8 nitrogen and oxygen atoms in total. The highest BCUT2D eigenvalue weighted by Gasteiger charge is 2.16. The van der Waals surface area contributed by atoms with Crippen molar-refractivity contribution in [3.63, 3.8) is 0 Å². The van der Waals surface area contributed by atoms with E-state index in [-0.39, 0.29) is 16.9 Å². The summed E-state index contributed by atoms with van der Waals surface area (Å²) in [6.45, 7) is 0. The van der Waals surface area contributed by atoms with Gasteiger partial charge in [0.25, 0.3) is 0 Å². The third kappa shape index (κ3) is 4.38. The number of benzene rings is 3. The zero-order valence-electron chi connectivity index (χ0n) is 19.0. The van der Waals surface area contributed by atoms with Gasteiger partial charge >= 0.3 is 11.6 Å². The maximum Gasteiger partial charge on any atom is 0.344 e. The molecule has 1 aromatic heterocycles. The minimum atomic E-state index is -0.595. The summed E-state index contributed by atoms with van der Waals surface area (Å²) < 4.78 is 32.0. The molecule has 0 unspecified atom stereocenters. The average Bonchev–Trinajstić information content (AvgIpc) is 2.87. The van der Waals surface area contributed by atoms with E-state index in [1.54, 1.807) is 55.6 Å². The lowest BCUT2D eigenvalue weighted by atomic mass is 10.0. The second-order valence-corrected chi connectivity index (χ2v) is 7.17. The fourth-order valence-electron chi connectivity index (χ4n) is 3.49. The summed E-state index contributed by atoms with van der Waals surface area (Å²) in [6, 6.07) is 16.4. The smallest absolute Gasteiger partial charge is 0.344 e. The number of fused-ring (bicyclic) bond motifs is 1. The first-order chi connectivity index (χ1) is 16.5. The fraction of sp³-hybridized carbons (Fsp3) is 0.154. The Morgan fingerprint density at radius 3 is 2.12 bits per heavy atom. The SMILES string of the molecule is COc1ccc(-c2cc3ccc(OC(=O)c4ccc(OC)c(OC)c4)cc3oc2=O)c(OC)c1. The van der Waals surface area contributed by atoms with Crippen LogP contribution in [0.1, 0.15) is 10.4 Å². The van der Waals surface area contributed by atoms with Gasteiger partial charge in [0.15, 0.2) is 11.5 Å². The lowest BCUT2D eigenvalue weighted by molar-refractivity contribution is 0.0734. The maximum atomic E-state index is 12.8. The van der Waals surface area contributed by atoms with Crippen molar-refractivity contribution in [3.05, 3.63) is 76.6 Å². The van der Waals surface area contributed by atoms with Crippen LogP contribution in [0, 0.1) is 0 Å². The molecule has 0 radical (unpaired) electrons. The number of rotatable bonds is 7. The van der Waals surface area contributed by atoms with E-state index in [0.717, 1.165) is 0 Å². The summed E-state index contributed by atoms with van der Waals surface area (Å²) in [5.74, 6) is 1.62. The number of carbonyl (C=O) groups is 1.